The molecular weight excluding hydrogens is 294 g/mol. The number of hydrogen-bond donors (Lipinski definition) is 3. The minimum Gasteiger partial charge on any atom is -0.444 e. The number of carbonyl (C=O) groups excluding carboxylic acids is 1. The average Bonchev–Trinajstić information content (AvgIpc) is 2.94. The van der Waals surface area contributed by atoms with Gasteiger partial charge in [-0.25, -0.2) is 9.78 Å². The van der Waals surface area contributed by atoms with Gasteiger partial charge in [0.05, 0.1) is 5.69 Å². The number of aliphatic hydroxyl groups excluding tert-OH is 1. The van der Waals surface area contributed by atoms with E-state index < -0.39 is 5.54 Å². The zero-order chi connectivity index (χ0) is 16.9. The maximum Gasteiger partial charge on any atom is 0.319 e. The van der Waals surface area contributed by atoms with E-state index in [1.54, 1.807) is 18.4 Å². The first-order valence-corrected chi connectivity index (χ1v) is 7.68. The smallest absolute Gasteiger partial charge is 0.319 e. The number of aliphatic hydroxyl groups is 1. The highest BCUT2D eigenvalue weighted by atomic mass is 16.3. The van der Waals surface area contributed by atoms with Gasteiger partial charge in [0.1, 0.15) is 6.26 Å². The van der Waals surface area contributed by atoms with Crippen molar-refractivity contribution in [2.24, 2.45) is 0 Å². The molecule has 1 unspecified atom stereocenters. The highest BCUT2D eigenvalue weighted by Gasteiger charge is 2.23. The number of nitrogens with zero attached hydrogens (tertiary/aromatic N) is 1. The summed E-state index contributed by atoms with van der Waals surface area (Å²) in [6.07, 6.45) is 2.83. The van der Waals surface area contributed by atoms with Crippen molar-refractivity contribution in [2.45, 2.75) is 39.2 Å². The summed E-state index contributed by atoms with van der Waals surface area (Å²) in [7, 11) is 0. The molecule has 1 heterocycles. The molecule has 0 aliphatic rings. The number of benzene rings is 1. The maximum absolute atomic E-state index is 12.2. The second-order valence-corrected chi connectivity index (χ2v) is 5.84. The van der Waals surface area contributed by atoms with Crippen molar-refractivity contribution in [3.05, 3.63) is 36.2 Å². The minimum atomic E-state index is -0.434. The number of amides is 2. The fourth-order valence-corrected chi connectivity index (χ4v) is 2.23. The van der Waals surface area contributed by atoms with E-state index in [2.05, 4.69) is 15.6 Å². The summed E-state index contributed by atoms with van der Waals surface area (Å²) in [4.78, 5) is 16.4. The first kappa shape index (κ1) is 17.0. The molecule has 124 valence electrons. The van der Waals surface area contributed by atoms with Crippen LogP contribution in [0.25, 0.3) is 11.5 Å². The highest BCUT2D eigenvalue weighted by molar-refractivity contribution is 5.90. The number of hydrogen-bond acceptors (Lipinski definition) is 4. The molecule has 6 nitrogen and oxygen atoms in total. The summed E-state index contributed by atoms with van der Waals surface area (Å²) < 4.78 is 5.37. The molecule has 23 heavy (non-hydrogen) atoms. The van der Waals surface area contributed by atoms with Crippen molar-refractivity contribution in [1.82, 2.24) is 10.3 Å². The lowest BCUT2D eigenvalue weighted by Gasteiger charge is -2.29. The number of aromatic nitrogens is 1. The minimum absolute atomic E-state index is 0.0314. The third kappa shape index (κ3) is 4.56. The van der Waals surface area contributed by atoms with Crippen LogP contribution in [0.1, 0.15) is 32.4 Å². The van der Waals surface area contributed by atoms with Crippen LogP contribution in [0.5, 0.6) is 0 Å². The molecule has 1 aromatic carbocycles. The van der Waals surface area contributed by atoms with Gasteiger partial charge < -0.3 is 20.2 Å². The zero-order valence-electron chi connectivity index (χ0n) is 13.7. The normalized spacial score (nSPS) is 13.4. The second-order valence-electron chi connectivity index (χ2n) is 5.84. The average molecular weight is 317 g/mol. The summed E-state index contributed by atoms with van der Waals surface area (Å²) in [5.74, 6) is 0.519. The van der Waals surface area contributed by atoms with Crippen LogP contribution in [0.15, 0.2) is 34.9 Å². The number of rotatable bonds is 6. The van der Waals surface area contributed by atoms with E-state index >= 15 is 0 Å². The molecule has 6 heteroatoms. The Labute approximate surface area is 135 Å². The highest BCUT2D eigenvalue weighted by Crippen LogP contribution is 2.22. The van der Waals surface area contributed by atoms with E-state index in [1.165, 1.54) is 0 Å². The Morgan fingerprint density at radius 1 is 1.43 bits per heavy atom. The molecule has 0 radical (unpaired) electrons. The van der Waals surface area contributed by atoms with Crippen LogP contribution in [-0.2, 0) is 0 Å². The molecule has 0 aliphatic carbocycles. The summed E-state index contributed by atoms with van der Waals surface area (Å²) in [6, 6.07) is 7.01. The topological polar surface area (TPSA) is 87.4 Å². The lowest BCUT2D eigenvalue weighted by molar-refractivity contribution is 0.208. The van der Waals surface area contributed by atoms with Gasteiger partial charge in [0.15, 0.2) is 0 Å². The first-order valence-electron chi connectivity index (χ1n) is 7.68. The third-order valence-corrected chi connectivity index (χ3v) is 3.85. The fourth-order valence-electron chi connectivity index (χ4n) is 2.23. The third-order valence-electron chi connectivity index (χ3n) is 3.85. The molecule has 3 N–H and O–H groups in total. The van der Waals surface area contributed by atoms with Crippen molar-refractivity contribution in [3.63, 3.8) is 0 Å². The maximum atomic E-state index is 12.2. The standard InChI is InChI=1S/C17H23N3O3/c1-4-17(3,8-9-21)20-16(22)19-14-7-5-6-13(10-14)15-18-12(2)11-23-15/h5-7,10-11,21H,4,8-9H2,1-3H3,(H2,19,20,22). The Balaban J connectivity index is 2.07. The van der Waals surface area contributed by atoms with Crippen molar-refractivity contribution < 1.29 is 14.3 Å². The Kier molecular flexibility index (Phi) is 5.39. The fraction of sp³-hybridized carbons (Fsp3) is 0.412. The van der Waals surface area contributed by atoms with Gasteiger partial charge in [-0.15, -0.1) is 0 Å². The molecule has 2 aromatic rings. The van der Waals surface area contributed by atoms with Crippen LogP contribution in [0.4, 0.5) is 10.5 Å². The number of anilines is 1. The van der Waals surface area contributed by atoms with Gasteiger partial charge >= 0.3 is 6.03 Å². The Hall–Kier alpha value is -2.34. The van der Waals surface area contributed by atoms with Crippen LogP contribution < -0.4 is 10.6 Å². The van der Waals surface area contributed by atoms with E-state index in [1.807, 2.05) is 32.9 Å². The zero-order valence-corrected chi connectivity index (χ0v) is 13.7. The van der Waals surface area contributed by atoms with E-state index in [-0.39, 0.29) is 12.6 Å². The Morgan fingerprint density at radius 2 is 2.22 bits per heavy atom. The monoisotopic (exact) mass is 317 g/mol. The van der Waals surface area contributed by atoms with Gasteiger partial charge in [0.25, 0.3) is 0 Å². The lowest BCUT2D eigenvalue weighted by Crippen LogP contribution is -2.48. The van der Waals surface area contributed by atoms with Crippen molar-refractivity contribution in [1.29, 1.82) is 0 Å². The molecule has 1 aromatic heterocycles. The van der Waals surface area contributed by atoms with Crippen molar-refractivity contribution in [2.75, 3.05) is 11.9 Å². The van der Waals surface area contributed by atoms with E-state index in [0.29, 0.717) is 18.0 Å². The van der Waals surface area contributed by atoms with Gasteiger partial charge in [-0.05, 0) is 44.9 Å². The van der Waals surface area contributed by atoms with Crippen LogP contribution >= 0.6 is 0 Å². The summed E-state index contributed by atoms with van der Waals surface area (Å²) in [6.45, 7) is 5.77. The number of aryl methyl sites for hydroxylation is 1. The Bertz CT molecular complexity index is 669. The summed E-state index contributed by atoms with van der Waals surface area (Å²) in [5.41, 5.74) is 1.82. The summed E-state index contributed by atoms with van der Waals surface area (Å²) >= 11 is 0. The first-order chi connectivity index (χ1) is 11.0. The molecule has 0 bridgehead atoms. The number of oxazole rings is 1. The number of urea groups is 1. The molecule has 2 rings (SSSR count). The number of carbonyl (C=O) groups is 1. The van der Waals surface area contributed by atoms with Crippen molar-refractivity contribution in [3.8, 4) is 11.5 Å². The lowest BCUT2D eigenvalue weighted by atomic mass is 9.95. The van der Waals surface area contributed by atoms with Gasteiger partial charge in [-0.3, -0.25) is 0 Å². The van der Waals surface area contributed by atoms with Gasteiger partial charge in [0, 0.05) is 23.4 Å². The van der Waals surface area contributed by atoms with Crippen LogP contribution in [0.3, 0.4) is 0 Å². The largest absolute Gasteiger partial charge is 0.444 e. The predicted molar refractivity (Wildman–Crippen MR) is 89.2 cm³/mol. The van der Waals surface area contributed by atoms with E-state index in [9.17, 15) is 4.79 Å². The second kappa shape index (κ2) is 7.28. The molecule has 0 fully saturated rings. The van der Waals surface area contributed by atoms with E-state index in [4.69, 9.17) is 9.52 Å². The van der Waals surface area contributed by atoms with Crippen LogP contribution in [0.2, 0.25) is 0 Å². The van der Waals surface area contributed by atoms with E-state index in [0.717, 1.165) is 17.7 Å². The Morgan fingerprint density at radius 3 is 2.83 bits per heavy atom. The van der Waals surface area contributed by atoms with Crippen molar-refractivity contribution >= 4 is 11.7 Å². The van der Waals surface area contributed by atoms with Gasteiger partial charge in [0.2, 0.25) is 5.89 Å². The molecular formula is C17H23N3O3. The van der Waals surface area contributed by atoms with Gasteiger partial charge in [-0.1, -0.05) is 13.0 Å². The molecule has 0 spiro atoms. The molecule has 0 saturated heterocycles. The van der Waals surface area contributed by atoms with Crippen LogP contribution in [0, 0.1) is 6.92 Å². The summed E-state index contributed by atoms with van der Waals surface area (Å²) in [5, 5.41) is 14.8. The quantitative estimate of drug-likeness (QED) is 0.762. The molecule has 1 atom stereocenters. The molecule has 0 aliphatic heterocycles. The number of nitrogens with one attached hydrogen (secondary N) is 2. The molecule has 0 saturated carbocycles. The predicted octanol–water partition coefficient (Wildman–Crippen LogP) is 3.32. The SMILES string of the molecule is CCC(C)(CCO)NC(=O)Nc1cccc(-c2nc(C)co2)c1. The van der Waals surface area contributed by atoms with Gasteiger partial charge in [-0.2, -0.15) is 0 Å². The molecule has 2 amide bonds. The van der Waals surface area contributed by atoms with Crippen LogP contribution in [-0.4, -0.2) is 28.3 Å².